The third-order valence-corrected chi connectivity index (χ3v) is 4.72. The molecule has 130 valence electrons. The Bertz CT molecular complexity index is 859. The highest BCUT2D eigenvalue weighted by Gasteiger charge is 2.07. The van der Waals surface area contributed by atoms with Crippen LogP contribution in [0.4, 0.5) is 0 Å². The van der Waals surface area contributed by atoms with Crippen molar-refractivity contribution in [1.82, 2.24) is 15.3 Å². The number of imidazole rings is 1. The maximum Gasteiger partial charge on any atom is 0.230 e. The molecule has 2 aromatic carbocycles. The lowest BCUT2D eigenvalue weighted by Gasteiger charge is -2.05. The van der Waals surface area contributed by atoms with Gasteiger partial charge in [0.15, 0.2) is 5.16 Å². The van der Waals surface area contributed by atoms with Crippen LogP contribution in [0.3, 0.4) is 0 Å². The number of rotatable bonds is 7. The molecular weight excluding hydrogens is 334 g/mol. The second kappa shape index (κ2) is 8.07. The van der Waals surface area contributed by atoms with E-state index in [9.17, 15) is 4.79 Å². The molecule has 25 heavy (non-hydrogen) atoms. The number of fused-ring (bicyclic) bond motifs is 1. The molecule has 0 atom stereocenters. The Morgan fingerprint density at radius 3 is 2.80 bits per heavy atom. The van der Waals surface area contributed by atoms with Gasteiger partial charge in [0, 0.05) is 6.54 Å². The quantitative estimate of drug-likeness (QED) is 0.638. The second-order valence-electron chi connectivity index (χ2n) is 5.80. The second-order valence-corrected chi connectivity index (χ2v) is 6.76. The minimum atomic E-state index is 0.00940. The number of nitrogens with zero attached hydrogens (tertiary/aromatic N) is 1. The molecule has 0 aliphatic heterocycles. The molecule has 3 aromatic rings. The zero-order valence-corrected chi connectivity index (χ0v) is 15.2. The van der Waals surface area contributed by atoms with Gasteiger partial charge in [-0.1, -0.05) is 30.0 Å². The monoisotopic (exact) mass is 355 g/mol. The summed E-state index contributed by atoms with van der Waals surface area (Å²) in [5, 5.41) is 3.71. The Balaban J connectivity index is 1.44. The van der Waals surface area contributed by atoms with Gasteiger partial charge in [0.1, 0.15) is 5.75 Å². The summed E-state index contributed by atoms with van der Waals surface area (Å²) < 4.78 is 5.13. The molecule has 1 aromatic heterocycles. The van der Waals surface area contributed by atoms with Gasteiger partial charge in [0.25, 0.3) is 0 Å². The number of amides is 1. The van der Waals surface area contributed by atoms with E-state index < -0.39 is 0 Å². The number of H-pyrrole nitrogens is 1. The molecule has 0 radical (unpaired) electrons. The summed E-state index contributed by atoms with van der Waals surface area (Å²) in [4.78, 5) is 19.7. The molecule has 3 rings (SSSR count). The lowest BCUT2D eigenvalue weighted by Crippen LogP contribution is -2.27. The van der Waals surface area contributed by atoms with Crippen molar-refractivity contribution in [3.05, 3.63) is 53.6 Å². The van der Waals surface area contributed by atoms with Crippen LogP contribution in [0.5, 0.6) is 5.75 Å². The Morgan fingerprint density at radius 1 is 1.24 bits per heavy atom. The van der Waals surface area contributed by atoms with Crippen molar-refractivity contribution < 1.29 is 9.53 Å². The number of benzene rings is 2. The minimum absolute atomic E-state index is 0.00940. The number of hydrogen-bond donors (Lipinski definition) is 2. The summed E-state index contributed by atoms with van der Waals surface area (Å²) in [7, 11) is 1.65. The fourth-order valence-electron chi connectivity index (χ4n) is 2.49. The number of ether oxygens (including phenoxy) is 1. The first kappa shape index (κ1) is 17.4. The summed E-state index contributed by atoms with van der Waals surface area (Å²) in [5.74, 6) is 1.20. The Morgan fingerprint density at radius 2 is 2.04 bits per heavy atom. The SMILES string of the molecule is COc1ccc(CCNC(=O)CSc2nc3ccc(C)cc3[nH]2)cc1. The number of aryl methyl sites for hydroxylation is 1. The Labute approximate surface area is 151 Å². The van der Waals surface area contributed by atoms with E-state index in [-0.39, 0.29) is 5.91 Å². The third kappa shape index (κ3) is 4.76. The summed E-state index contributed by atoms with van der Waals surface area (Å²) in [5.41, 5.74) is 4.28. The van der Waals surface area contributed by atoms with Gasteiger partial charge in [-0.3, -0.25) is 4.79 Å². The van der Waals surface area contributed by atoms with Crippen molar-refractivity contribution in [2.45, 2.75) is 18.5 Å². The topological polar surface area (TPSA) is 67.0 Å². The summed E-state index contributed by atoms with van der Waals surface area (Å²) >= 11 is 1.42. The molecular formula is C19H21N3O2S. The van der Waals surface area contributed by atoms with Crippen LogP contribution >= 0.6 is 11.8 Å². The molecule has 0 aliphatic carbocycles. The van der Waals surface area contributed by atoms with E-state index in [2.05, 4.69) is 21.4 Å². The number of nitrogens with one attached hydrogen (secondary N) is 2. The van der Waals surface area contributed by atoms with Crippen molar-refractivity contribution in [2.24, 2.45) is 0 Å². The first-order valence-electron chi connectivity index (χ1n) is 8.13. The van der Waals surface area contributed by atoms with E-state index in [1.807, 2.05) is 43.3 Å². The fourth-order valence-corrected chi connectivity index (χ4v) is 3.21. The van der Waals surface area contributed by atoms with Crippen LogP contribution in [0, 0.1) is 6.92 Å². The molecule has 0 aliphatic rings. The first-order chi connectivity index (χ1) is 12.1. The summed E-state index contributed by atoms with van der Waals surface area (Å²) in [6.07, 6.45) is 0.796. The van der Waals surface area contributed by atoms with Crippen molar-refractivity contribution in [3.63, 3.8) is 0 Å². The normalized spacial score (nSPS) is 10.8. The van der Waals surface area contributed by atoms with Crippen LogP contribution in [0.25, 0.3) is 11.0 Å². The van der Waals surface area contributed by atoms with Crippen LogP contribution in [0.2, 0.25) is 0 Å². The Hall–Kier alpha value is -2.47. The van der Waals surface area contributed by atoms with Crippen molar-refractivity contribution >= 4 is 28.7 Å². The zero-order valence-electron chi connectivity index (χ0n) is 14.3. The van der Waals surface area contributed by atoms with E-state index in [0.29, 0.717) is 12.3 Å². The molecule has 6 heteroatoms. The minimum Gasteiger partial charge on any atom is -0.497 e. The van der Waals surface area contributed by atoms with Crippen molar-refractivity contribution in [3.8, 4) is 5.75 Å². The van der Waals surface area contributed by atoms with Gasteiger partial charge in [0.2, 0.25) is 5.91 Å². The molecule has 0 saturated heterocycles. The van der Waals surface area contributed by atoms with Gasteiger partial charge in [-0.25, -0.2) is 4.98 Å². The number of aromatic nitrogens is 2. The van der Waals surface area contributed by atoms with E-state index in [4.69, 9.17) is 4.74 Å². The van der Waals surface area contributed by atoms with E-state index >= 15 is 0 Å². The fraction of sp³-hybridized carbons (Fsp3) is 0.263. The lowest BCUT2D eigenvalue weighted by molar-refractivity contribution is -0.118. The standard InChI is InChI=1S/C19H21N3O2S/c1-13-3-8-16-17(11-13)22-19(21-16)25-12-18(23)20-10-9-14-4-6-15(24-2)7-5-14/h3-8,11H,9-10,12H2,1-2H3,(H,20,23)(H,21,22). The van der Waals surface area contributed by atoms with E-state index in [1.54, 1.807) is 7.11 Å². The number of carbonyl (C=O) groups is 1. The van der Waals surface area contributed by atoms with Gasteiger partial charge in [-0.05, 0) is 48.7 Å². The average molecular weight is 355 g/mol. The van der Waals surface area contributed by atoms with Crippen molar-refractivity contribution in [2.75, 3.05) is 19.4 Å². The maximum atomic E-state index is 12.0. The van der Waals surface area contributed by atoms with Crippen LogP contribution in [0.1, 0.15) is 11.1 Å². The molecule has 0 fully saturated rings. The number of carbonyl (C=O) groups excluding carboxylic acids is 1. The van der Waals surface area contributed by atoms with Gasteiger partial charge in [-0.2, -0.15) is 0 Å². The molecule has 1 amide bonds. The highest BCUT2D eigenvalue weighted by molar-refractivity contribution is 7.99. The van der Waals surface area contributed by atoms with Gasteiger partial charge in [-0.15, -0.1) is 0 Å². The van der Waals surface area contributed by atoms with E-state index in [1.165, 1.54) is 22.9 Å². The number of hydrogen-bond acceptors (Lipinski definition) is 4. The van der Waals surface area contributed by atoms with Crippen LogP contribution in [0.15, 0.2) is 47.6 Å². The lowest BCUT2D eigenvalue weighted by atomic mass is 10.1. The number of thioether (sulfide) groups is 1. The van der Waals surface area contributed by atoms with Gasteiger partial charge < -0.3 is 15.0 Å². The molecule has 0 spiro atoms. The van der Waals surface area contributed by atoms with Crippen LogP contribution in [-0.2, 0) is 11.2 Å². The van der Waals surface area contributed by atoms with E-state index in [0.717, 1.165) is 28.4 Å². The molecule has 2 N–H and O–H groups in total. The van der Waals surface area contributed by atoms with Gasteiger partial charge in [0.05, 0.1) is 23.9 Å². The number of methoxy groups -OCH3 is 1. The van der Waals surface area contributed by atoms with Gasteiger partial charge >= 0.3 is 0 Å². The maximum absolute atomic E-state index is 12.0. The third-order valence-electron chi connectivity index (χ3n) is 3.85. The number of aromatic amines is 1. The summed E-state index contributed by atoms with van der Waals surface area (Å²) in [6, 6.07) is 13.9. The largest absolute Gasteiger partial charge is 0.497 e. The highest BCUT2D eigenvalue weighted by atomic mass is 32.2. The Kier molecular flexibility index (Phi) is 5.60. The first-order valence-corrected chi connectivity index (χ1v) is 9.11. The van der Waals surface area contributed by atoms with Crippen LogP contribution < -0.4 is 10.1 Å². The average Bonchev–Trinajstić information content (AvgIpc) is 3.02. The molecule has 0 unspecified atom stereocenters. The predicted molar refractivity (Wildman–Crippen MR) is 101 cm³/mol. The van der Waals surface area contributed by atoms with Crippen LogP contribution in [-0.4, -0.2) is 35.3 Å². The van der Waals surface area contributed by atoms with Crippen molar-refractivity contribution in [1.29, 1.82) is 0 Å². The zero-order chi connectivity index (χ0) is 17.6. The molecule has 5 nitrogen and oxygen atoms in total. The molecule has 0 bridgehead atoms. The smallest absolute Gasteiger partial charge is 0.230 e. The summed E-state index contributed by atoms with van der Waals surface area (Å²) in [6.45, 7) is 2.66. The molecule has 1 heterocycles. The predicted octanol–water partition coefficient (Wildman–Crippen LogP) is 3.33. The molecule has 0 saturated carbocycles. The highest BCUT2D eigenvalue weighted by Crippen LogP contribution is 2.20.